The summed E-state index contributed by atoms with van der Waals surface area (Å²) in [5.74, 6) is 0.251. The van der Waals surface area contributed by atoms with Crippen LogP contribution in [-0.4, -0.2) is 31.0 Å². The number of rotatable bonds is 6. The van der Waals surface area contributed by atoms with Gasteiger partial charge in [0.1, 0.15) is 5.75 Å². The Labute approximate surface area is 124 Å². The molecule has 1 fully saturated rings. The SMILES string of the molecule is NC(=O)CCOc1ccc(NC(=O)[C@@H]2CCCCN2)cc1. The van der Waals surface area contributed by atoms with E-state index in [1.165, 1.54) is 0 Å². The highest BCUT2D eigenvalue weighted by Crippen LogP contribution is 2.17. The minimum absolute atomic E-state index is 0.00269. The van der Waals surface area contributed by atoms with E-state index in [1.807, 2.05) is 0 Å². The molecule has 0 unspecified atom stereocenters. The second kappa shape index (κ2) is 7.64. The molecule has 0 radical (unpaired) electrons. The number of hydrogen-bond donors (Lipinski definition) is 3. The topological polar surface area (TPSA) is 93.5 Å². The van der Waals surface area contributed by atoms with Crippen molar-refractivity contribution in [2.24, 2.45) is 5.73 Å². The smallest absolute Gasteiger partial charge is 0.241 e. The summed E-state index contributed by atoms with van der Waals surface area (Å²) in [4.78, 5) is 22.6. The van der Waals surface area contributed by atoms with Crippen LogP contribution in [0.5, 0.6) is 5.75 Å². The number of ether oxygens (including phenoxy) is 1. The van der Waals surface area contributed by atoms with Crippen molar-refractivity contribution in [1.29, 1.82) is 0 Å². The average molecular weight is 291 g/mol. The Bertz CT molecular complexity index is 481. The Kier molecular flexibility index (Phi) is 5.57. The van der Waals surface area contributed by atoms with E-state index < -0.39 is 0 Å². The Morgan fingerprint density at radius 3 is 2.67 bits per heavy atom. The number of amides is 2. The molecule has 0 bridgehead atoms. The fraction of sp³-hybridized carbons (Fsp3) is 0.467. The maximum atomic E-state index is 12.0. The molecule has 0 spiro atoms. The van der Waals surface area contributed by atoms with Gasteiger partial charge in [0.2, 0.25) is 11.8 Å². The maximum Gasteiger partial charge on any atom is 0.241 e. The normalized spacial score (nSPS) is 18.0. The van der Waals surface area contributed by atoms with Crippen LogP contribution in [0.25, 0.3) is 0 Å². The van der Waals surface area contributed by atoms with E-state index >= 15 is 0 Å². The van der Waals surface area contributed by atoms with Gasteiger partial charge in [-0.2, -0.15) is 0 Å². The fourth-order valence-corrected chi connectivity index (χ4v) is 2.21. The lowest BCUT2D eigenvalue weighted by atomic mass is 10.0. The molecule has 0 aliphatic carbocycles. The second-order valence-corrected chi connectivity index (χ2v) is 5.08. The number of primary amides is 1. The van der Waals surface area contributed by atoms with Gasteiger partial charge in [0.25, 0.3) is 0 Å². The lowest BCUT2D eigenvalue weighted by Crippen LogP contribution is -2.43. The molecule has 1 aromatic rings. The summed E-state index contributed by atoms with van der Waals surface area (Å²) in [6, 6.07) is 6.96. The number of anilines is 1. The third-order valence-electron chi connectivity index (χ3n) is 3.37. The standard InChI is InChI=1S/C15H21N3O3/c16-14(19)8-10-21-12-6-4-11(5-7-12)18-15(20)13-3-1-2-9-17-13/h4-7,13,17H,1-3,8-10H2,(H2,16,19)(H,18,20)/t13-/m0/s1. The number of hydrogen-bond acceptors (Lipinski definition) is 4. The lowest BCUT2D eigenvalue weighted by Gasteiger charge is -2.22. The number of nitrogens with two attached hydrogens (primary N) is 1. The van der Waals surface area contributed by atoms with E-state index in [9.17, 15) is 9.59 Å². The van der Waals surface area contributed by atoms with Gasteiger partial charge in [0.15, 0.2) is 0 Å². The van der Waals surface area contributed by atoms with Crippen LogP contribution in [0.3, 0.4) is 0 Å². The zero-order valence-corrected chi connectivity index (χ0v) is 11.9. The predicted molar refractivity (Wildman–Crippen MR) is 80.0 cm³/mol. The number of benzene rings is 1. The molecule has 4 N–H and O–H groups in total. The Hall–Kier alpha value is -2.08. The number of piperidine rings is 1. The molecule has 1 atom stereocenters. The molecular formula is C15H21N3O3. The molecule has 1 aromatic carbocycles. The van der Waals surface area contributed by atoms with Gasteiger partial charge >= 0.3 is 0 Å². The molecular weight excluding hydrogens is 270 g/mol. The fourth-order valence-electron chi connectivity index (χ4n) is 2.21. The largest absolute Gasteiger partial charge is 0.493 e. The highest BCUT2D eigenvalue weighted by Gasteiger charge is 2.20. The van der Waals surface area contributed by atoms with E-state index in [0.29, 0.717) is 5.75 Å². The van der Waals surface area contributed by atoms with Gasteiger partial charge in [0.05, 0.1) is 19.1 Å². The van der Waals surface area contributed by atoms with Crippen molar-refractivity contribution in [3.05, 3.63) is 24.3 Å². The van der Waals surface area contributed by atoms with E-state index in [-0.39, 0.29) is 30.9 Å². The number of nitrogens with one attached hydrogen (secondary N) is 2. The predicted octanol–water partition coefficient (Wildman–Crippen LogP) is 1.02. The Morgan fingerprint density at radius 2 is 2.05 bits per heavy atom. The van der Waals surface area contributed by atoms with Gasteiger partial charge in [-0.25, -0.2) is 0 Å². The number of carbonyl (C=O) groups excluding carboxylic acids is 2. The van der Waals surface area contributed by atoms with E-state index in [1.54, 1.807) is 24.3 Å². The zero-order chi connectivity index (χ0) is 15.1. The van der Waals surface area contributed by atoms with Crippen LogP contribution >= 0.6 is 0 Å². The summed E-state index contributed by atoms with van der Waals surface area (Å²) >= 11 is 0. The van der Waals surface area contributed by atoms with E-state index in [0.717, 1.165) is 31.5 Å². The summed E-state index contributed by atoms with van der Waals surface area (Å²) in [6.07, 6.45) is 3.27. The Balaban J connectivity index is 1.81. The molecule has 1 saturated heterocycles. The minimum Gasteiger partial charge on any atom is -0.493 e. The summed E-state index contributed by atoms with van der Waals surface area (Å²) < 4.78 is 5.37. The highest BCUT2D eigenvalue weighted by atomic mass is 16.5. The lowest BCUT2D eigenvalue weighted by molar-refractivity contribution is -0.119. The van der Waals surface area contributed by atoms with Crippen molar-refractivity contribution >= 4 is 17.5 Å². The molecule has 114 valence electrons. The van der Waals surface area contributed by atoms with E-state index in [4.69, 9.17) is 10.5 Å². The van der Waals surface area contributed by atoms with Gasteiger partial charge < -0.3 is 21.1 Å². The average Bonchev–Trinajstić information content (AvgIpc) is 2.49. The van der Waals surface area contributed by atoms with Crippen LogP contribution in [0.2, 0.25) is 0 Å². The van der Waals surface area contributed by atoms with Gasteiger partial charge in [-0.15, -0.1) is 0 Å². The quantitative estimate of drug-likeness (QED) is 0.729. The molecule has 0 aromatic heterocycles. The van der Waals surface area contributed by atoms with E-state index in [2.05, 4.69) is 10.6 Å². The monoisotopic (exact) mass is 291 g/mol. The molecule has 2 rings (SSSR count). The van der Waals surface area contributed by atoms with Crippen molar-refractivity contribution in [2.75, 3.05) is 18.5 Å². The van der Waals surface area contributed by atoms with Crippen molar-refractivity contribution in [1.82, 2.24) is 5.32 Å². The molecule has 6 nitrogen and oxygen atoms in total. The second-order valence-electron chi connectivity index (χ2n) is 5.08. The maximum absolute atomic E-state index is 12.0. The third-order valence-corrected chi connectivity index (χ3v) is 3.37. The van der Waals surface area contributed by atoms with Gasteiger partial charge in [-0.05, 0) is 43.7 Å². The molecule has 6 heteroatoms. The molecule has 1 aliphatic rings. The molecule has 2 amide bonds. The van der Waals surface area contributed by atoms with Gasteiger partial charge in [-0.3, -0.25) is 9.59 Å². The highest BCUT2D eigenvalue weighted by molar-refractivity contribution is 5.94. The molecule has 21 heavy (non-hydrogen) atoms. The summed E-state index contributed by atoms with van der Waals surface area (Å²) in [7, 11) is 0. The van der Waals surface area contributed by atoms with Crippen LogP contribution in [0.1, 0.15) is 25.7 Å². The summed E-state index contributed by atoms with van der Waals surface area (Å²) in [5, 5.41) is 6.09. The van der Waals surface area contributed by atoms with Crippen molar-refractivity contribution in [3.8, 4) is 5.75 Å². The first-order chi connectivity index (χ1) is 10.1. The van der Waals surface area contributed by atoms with Crippen LogP contribution in [0, 0.1) is 0 Å². The summed E-state index contributed by atoms with van der Waals surface area (Å²) in [6.45, 7) is 1.15. The van der Waals surface area contributed by atoms with Crippen LogP contribution < -0.4 is 21.1 Å². The van der Waals surface area contributed by atoms with Gasteiger partial charge in [-0.1, -0.05) is 6.42 Å². The van der Waals surface area contributed by atoms with Crippen LogP contribution in [-0.2, 0) is 9.59 Å². The number of carbonyl (C=O) groups is 2. The van der Waals surface area contributed by atoms with Crippen LogP contribution in [0.4, 0.5) is 5.69 Å². The first-order valence-corrected chi connectivity index (χ1v) is 7.20. The first-order valence-electron chi connectivity index (χ1n) is 7.20. The minimum atomic E-state index is -0.390. The third kappa shape index (κ3) is 5.07. The molecule has 0 saturated carbocycles. The molecule has 1 aliphatic heterocycles. The first kappa shape index (κ1) is 15.3. The van der Waals surface area contributed by atoms with Gasteiger partial charge in [0, 0.05) is 5.69 Å². The summed E-state index contributed by atoms with van der Waals surface area (Å²) in [5.41, 5.74) is 5.77. The zero-order valence-electron chi connectivity index (χ0n) is 11.9. The Morgan fingerprint density at radius 1 is 1.29 bits per heavy atom. The molecule has 1 heterocycles. The van der Waals surface area contributed by atoms with Crippen LogP contribution in [0.15, 0.2) is 24.3 Å². The van der Waals surface area contributed by atoms with Crippen molar-refractivity contribution in [2.45, 2.75) is 31.7 Å². The van der Waals surface area contributed by atoms with Crippen molar-refractivity contribution < 1.29 is 14.3 Å². The van der Waals surface area contributed by atoms with Crippen molar-refractivity contribution in [3.63, 3.8) is 0 Å².